The number of carbonyl (C=O) groups is 1. The second-order valence-electron chi connectivity index (χ2n) is 3.83. The molecule has 0 atom stereocenters. The molecule has 0 aliphatic rings. The van der Waals surface area contributed by atoms with Gasteiger partial charge in [-0.15, -0.1) is 0 Å². The van der Waals surface area contributed by atoms with Gasteiger partial charge in [0.15, 0.2) is 11.6 Å². The van der Waals surface area contributed by atoms with Crippen LogP contribution >= 0.6 is 0 Å². The highest BCUT2D eigenvalue weighted by molar-refractivity contribution is 5.75. The molecule has 0 unspecified atom stereocenters. The molecule has 16 heavy (non-hydrogen) atoms. The Hall–Kier alpha value is -1.45. The molecule has 0 bridgehead atoms. The van der Waals surface area contributed by atoms with Crippen LogP contribution in [0.5, 0.6) is 0 Å². The fourth-order valence-electron chi connectivity index (χ4n) is 1.42. The number of ketones is 1. The molecular weight excluding hydrogens is 212 g/mol. The Morgan fingerprint density at radius 1 is 1.31 bits per heavy atom. The lowest BCUT2D eigenvalue weighted by Crippen LogP contribution is -2.19. The minimum absolute atomic E-state index is 0.138. The highest BCUT2D eigenvalue weighted by atomic mass is 19.2. The van der Waals surface area contributed by atoms with Crippen molar-refractivity contribution in [3.8, 4) is 0 Å². The highest BCUT2D eigenvalue weighted by Crippen LogP contribution is 2.16. The van der Waals surface area contributed by atoms with Crippen molar-refractivity contribution in [2.45, 2.75) is 19.8 Å². The molecule has 0 amide bonds. The first-order chi connectivity index (χ1) is 7.50. The molecule has 0 saturated carbocycles. The van der Waals surface area contributed by atoms with E-state index in [-0.39, 0.29) is 5.78 Å². The summed E-state index contributed by atoms with van der Waals surface area (Å²) in [7, 11) is 1.78. The molecule has 0 aliphatic carbocycles. The molecule has 0 N–H and O–H groups in total. The van der Waals surface area contributed by atoms with E-state index in [2.05, 4.69) is 0 Å². The van der Waals surface area contributed by atoms with E-state index in [1.165, 1.54) is 13.0 Å². The SMILES string of the molecule is CC(=O)CCCN(C)c1ccc(F)c(F)c1. The van der Waals surface area contributed by atoms with Gasteiger partial charge in [-0.1, -0.05) is 0 Å². The van der Waals surface area contributed by atoms with Gasteiger partial charge >= 0.3 is 0 Å². The monoisotopic (exact) mass is 227 g/mol. The third-order valence-electron chi connectivity index (χ3n) is 2.37. The van der Waals surface area contributed by atoms with Gasteiger partial charge in [0.2, 0.25) is 0 Å². The smallest absolute Gasteiger partial charge is 0.160 e. The molecule has 0 radical (unpaired) electrons. The lowest BCUT2D eigenvalue weighted by molar-refractivity contribution is -0.117. The largest absolute Gasteiger partial charge is 0.374 e. The molecule has 0 saturated heterocycles. The van der Waals surface area contributed by atoms with Crippen molar-refractivity contribution >= 4 is 11.5 Å². The van der Waals surface area contributed by atoms with Crippen LogP contribution in [0.25, 0.3) is 0 Å². The van der Waals surface area contributed by atoms with Crippen LogP contribution in [0.15, 0.2) is 18.2 Å². The number of halogens is 2. The molecule has 1 rings (SSSR count). The third-order valence-corrected chi connectivity index (χ3v) is 2.37. The van der Waals surface area contributed by atoms with Crippen LogP contribution in [-0.4, -0.2) is 19.4 Å². The Morgan fingerprint density at radius 3 is 2.56 bits per heavy atom. The zero-order valence-electron chi connectivity index (χ0n) is 9.46. The lowest BCUT2D eigenvalue weighted by Gasteiger charge is -2.18. The van der Waals surface area contributed by atoms with Crippen molar-refractivity contribution in [1.29, 1.82) is 0 Å². The molecule has 4 heteroatoms. The number of hydrogen-bond acceptors (Lipinski definition) is 2. The Bertz CT molecular complexity index is 379. The van der Waals surface area contributed by atoms with E-state index in [9.17, 15) is 13.6 Å². The Morgan fingerprint density at radius 2 is 2.00 bits per heavy atom. The van der Waals surface area contributed by atoms with E-state index in [4.69, 9.17) is 0 Å². The fraction of sp³-hybridized carbons (Fsp3) is 0.417. The van der Waals surface area contributed by atoms with Crippen molar-refractivity contribution in [2.24, 2.45) is 0 Å². The van der Waals surface area contributed by atoms with Crippen LogP contribution in [0.4, 0.5) is 14.5 Å². The van der Waals surface area contributed by atoms with Crippen molar-refractivity contribution < 1.29 is 13.6 Å². The summed E-state index contributed by atoms with van der Waals surface area (Å²) in [5.74, 6) is -1.56. The van der Waals surface area contributed by atoms with Crippen LogP contribution < -0.4 is 4.90 Å². The minimum atomic E-state index is -0.851. The Balaban J connectivity index is 2.55. The number of anilines is 1. The van der Waals surface area contributed by atoms with Crippen LogP contribution in [-0.2, 0) is 4.79 Å². The molecule has 0 aromatic heterocycles. The van der Waals surface area contributed by atoms with Gasteiger partial charge in [-0.3, -0.25) is 0 Å². The van der Waals surface area contributed by atoms with Crippen molar-refractivity contribution in [3.63, 3.8) is 0 Å². The Labute approximate surface area is 93.9 Å². The van der Waals surface area contributed by atoms with Crippen molar-refractivity contribution in [3.05, 3.63) is 29.8 Å². The van der Waals surface area contributed by atoms with Crippen LogP contribution in [0.1, 0.15) is 19.8 Å². The summed E-state index contributed by atoms with van der Waals surface area (Å²) >= 11 is 0. The normalized spacial score (nSPS) is 10.2. The average Bonchev–Trinajstić information content (AvgIpc) is 2.21. The van der Waals surface area contributed by atoms with E-state index >= 15 is 0 Å². The molecule has 0 spiro atoms. The first-order valence-corrected chi connectivity index (χ1v) is 5.16. The zero-order valence-corrected chi connectivity index (χ0v) is 9.46. The Kier molecular flexibility index (Phi) is 4.40. The maximum atomic E-state index is 12.9. The first kappa shape index (κ1) is 12.6. The summed E-state index contributed by atoms with van der Waals surface area (Å²) in [5, 5.41) is 0. The molecule has 0 heterocycles. The maximum Gasteiger partial charge on any atom is 0.160 e. The van der Waals surface area contributed by atoms with E-state index < -0.39 is 11.6 Å². The molecule has 2 nitrogen and oxygen atoms in total. The summed E-state index contributed by atoms with van der Waals surface area (Å²) in [6, 6.07) is 3.78. The molecule has 1 aromatic carbocycles. The van der Waals surface area contributed by atoms with E-state index in [1.807, 2.05) is 0 Å². The number of nitrogens with zero attached hydrogens (tertiary/aromatic N) is 1. The quantitative estimate of drug-likeness (QED) is 0.771. The topological polar surface area (TPSA) is 20.3 Å². The molecule has 0 fully saturated rings. The predicted octanol–water partition coefficient (Wildman–Crippen LogP) is 2.77. The summed E-state index contributed by atoms with van der Waals surface area (Å²) in [6.07, 6.45) is 1.22. The van der Waals surface area contributed by atoms with E-state index in [0.29, 0.717) is 25.1 Å². The number of rotatable bonds is 5. The fourth-order valence-corrected chi connectivity index (χ4v) is 1.42. The highest BCUT2D eigenvalue weighted by Gasteiger charge is 2.06. The second-order valence-corrected chi connectivity index (χ2v) is 3.83. The zero-order chi connectivity index (χ0) is 12.1. The summed E-state index contributed by atoms with van der Waals surface area (Å²) in [5.41, 5.74) is 0.613. The molecular formula is C12H15F2NO. The first-order valence-electron chi connectivity index (χ1n) is 5.16. The van der Waals surface area contributed by atoms with Gasteiger partial charge in [0, 0.05) is 31.8 Å². The summed E-state index contributed by atoms with van der Waals surface area (Å²) in [4.78, 5) is 12.5. The van der Waals surface area contributed by atoms with Gasteiger partial charge in [0.1, 0.15) is 5.78 Å². The summed E-state index contributed by atoms with van der Waals surface area (Å²) < 4.78 is 25.6. The van der Waals surface area contributed by atoms with Crippen LogP contribution in [0.3, 0.4) is 0 Å². The van der Waals surface area contributed by atoms with Gasteiger partial charge in [-0.05, 0) is 25.5 Å². The molecule has 88 valence electrons. The van der Waals surface area contributed by atoms with Gasteiger partial charge in [-0.25, -0.2) is 8.78 Å². The molecule has 0 aliphatic heterocycles. The number of Topliss-reactive ketones (excluding diaryl/α,β-unsaturated/α-hetero) is 1. The molecule has 1 aromatic rings. The number of benzene rings is 1. The average molecular weight is 227 g/mol. The van der Waals surface area contributed by atoms with Crippen molar-refractivity contribution in [1.82, 2.24) is 0 Å². The van der Waals surface area contributed by atoms with Gasteiger partial charge in [0.05, 0.1) is 0 Å². The van der Waals surface area contributed by atoms with E-state index in [0.717, 1.165) is 12.1 Å². The standard InChI is InChI=1S/C12H15F2NO/c1-9(16)4-3-7-15(2)10-5-6-11(13)12(14)8-10/h5-6,8H,3-4,7H2,1-2H3. The van der Waals surface area contributed by atoms with Crippen LogP contribution in [0.2, 0.25) is 0 Å². The van der Waals surface area contributed by atoms with E-state index in [1.54, 1.807) is 11.9 Å². The number of hydrogen-bond donors (Lipinski definition) is 0. The third kappa shape index (κ3) is 3.61. The van der Waals surface area contributed by atoms with Gasteiger partial charge < -0.3 is 9.69 Å². The van der Waals surface area contributed by atoms with Crippen molar-refractivity contribution in [2.75, 3.05) is 18.5 Å². The maximum absolute atomic E-state index is 12.9. The second kappa shape index (κ2) is 5.58. The van der Waals surface area contributed by atoms with Crippen LogP contribution in [0, 0.1) is 11.6 Å². The van der Waals surface area contributed by atoms with Gasteiger partial charge in [0.25, 0.3) is 0 Å². The number of carbonyl (C=O) groups excluding carboxylic acids is 1. The summed E-state index contributed by atoms with van der Waals surface area (Å²) in [6.45, 7) is 2.18. The predicted molar refractivity (Wildman–Crippen MR) is 59.5 cm³/mol. The van der Waals surface area contributed by atoms with Gasteiger partial charge in [-0.2, -0.15) is 0 Å². The minimum Gasteiger partial charge on any atom is -0.374 e. The lowest BCUT2D eigenvalue weighted by atomic mass is 10.2.